The highest BCUT2D eigenvalue weighted by Gasteiger charge is 2.40. The van der Waals surface area contributed by atoms with Crippen LogP contribution in [0.1, 0.15) is 44.9 Å². The van der Waals surface area contributed by atoms with E-state index in [1.54, 1.807) is 16.8 Å². The predicted octanol–water partition coefficient (Wildman–Crippen LogP) is 1.78. The third-order valence-electron chi connectivity index (χ3n) is 5.95. The van der Waals surface area contributed by atoms with Gasteiger partial charge in [0.05, 0.1) is 28.7 Å². The van der Waals surface area contributed by atoms with Crippen molar-refractivity contribution in [3.63, 3.8) is 0 Å². The summed E-state index contributed by atoms with van der Waals surface area (Å²) in [7, 11) is 0. The highest BCUT2D eigenvalue weighted by atomic mass is 32.1. The van der Waals surface area contributed by atoms with E-state index in [9.17, 15) is 19.2 Å². The molecule has 1 fully saturated rings. The lowest BCUT2D eigenvalue weighted by molar-refractivity contribution is -0.141. The summed E-state index contributed by atoms with van der Waals surface area (Å²) in [6.07, 6.45) is 0.444. The first-order valence-electron chi connectivity index (χ1n) is 11.7. The van der Waals surface area contributed by atoms with E-state index in [1.807, 2.05) is 45.0 Å². The average Bonchev–Trinajstić information content (AvgIpc) is 3.42. The van der Waals surface area contributed by atoms with Gasteiger partial charge in [-0.15, -0.1) is 11.3 Å². The highest BCUT2D eigenvalue weighted by Crippen LogP contribution is 2.27. The number of nitrogens with two attached hydrogens (primary N) is 1. The molecule has 3 unspecified atom stereocenters. The second kappa shape index (κ2) is 11.5. The Morgan fingerprint density at radius 2 is 1.89 bits per heavy atom. The Hall–Kier alpha value is -3.11. The molecule has 1 aromatic carbocycles. The van der Waals surface area contributed by atoms with Gasteiger partial charge in [-0.3, -0.25) is 19.2 Å². The van der Waals surface area contributed by atoms with Gasteiger partial charge in [0.1, 0.15) is 12.1 Å². The lowest BCUT2D eigenvalue weighted by atomic mass is 10.0. The first-order valence-corrected chi connectivity index (χ1v) is 12.6. The van der Waals surface area contributed by atoms with E-state index in [4.69, 9.17) is 5.73 Å². The number of likely N-dealkylation sites (tertiary alicyclic amines) is 1. The zero-order valence-corrected chi connectivity index (χ0v) is 21.4. The third-order valence-corrected chi connectivity index (χ3v) is 6.93. The number of ketones is 1. The van der Waals surface area contributed by atoms with Crippen LogP contribution in [-0.4, -0.2) is 58.1 Å². The molecule has 1 aromatic heterocycles. The lowest BCUT2D eigenvalue weighted by Gasteiger charge is -2.27. The Balaban J connectivity index is 1.58. The summed E-state index contributed by atoms with van der Waals surface area (Å²) < 4.78 is 0. The summed E-state index contributed by atoms with van der Waals surface area (Å²) in [5.41, 5.74) is 10.6. The predicted molar refractivity (Wildman–Crippen MR) is 134 cm³/mol. The van der Waals surface area contributed by atoms with Crippen LogP contribution in [0.2, 0.25) is 0 Å². The molecule has 3 amide bonds. The molecule has 0 radical (unpaired) electrons. The SMILES string of the molecule is Cc1ncsc1-c1ccc(CNC(=O)C2CC(=O)CN2C(=O)C(C)NC(=O)C(N)CC(C)C)cc1. The summed E-state index contributed by atoms with van der Waals surface area (Å²) >= 11 is 1.57. The normalized spacial score (nSPS) is 17.4. The van der Waals surface area contributed by atoms with Crippen molar-refractivity contribution in [3.8, 4) is 10.4 Å². The number of carbonyl (C=O) groups excluding carboxylic acids is 4. The summed E-state index contributed by atoms with van der Waals surface area (Å²) in [5.74, 6) is -1.27. The largest absolute Gasteiger partial charge is 0.350 e. The monoisotopic (exact) mass is 499 g/mol. The summed E-state index contributed by atoms with van der Waals surface area (Å²) in [5, 5.41) is 5.44. The van der Waals surface area contributed by atoms with Crippen LogP contribution in [0.4, 0.5) is 0 Å². The maximum atomic E-state index is 13.0. The Labute approximate surface area is 209 Å². The molecule has 1 saturated heterocycles. The molecule has 0 aliphatic carbocycles. The summed E-state index contributed by atoms with van der Waals surface area (Å²) in [6, 6.07) is 5.28. The van der Waals surface area contributed by atoms with Crippen molar-refractivity contribution in [2.24, 2.45) is 11.7 Å². The fourth-order valence-corrected chi connectivity index (χ4v) is 4.87. The molecule has 0 spiro atoms. The van der Waals surface area contributed by atoms with Gasteiger partial charge in [0.15, 0.2) is 5.78 Å². The molecule has 3 rings (SSSR count). The van der Waals surface area contributed by atoms with Gasteiger partial charge in [0.2, 0.25) is 17.7 Å². The van der Waals surface area contributed by atoms with Gasteiger partial charge in [-0.1, -0.05) is 38.1 Å². The molecule has 0 bridgehead atoms. The minimum atomic E-state index is -0.905. The quantitative estimate of drug-likeness (QED) is 0.481. The molecular weight excluding hydrogens is 466 g/mol. The Morgan fingerprint density at radius 3 is 2.49 bits per heavy atom. The molecule has 1 aliphatic rings. The molecule has 35 heavy (non-hydrogen) atoms. The zero-order valence-electron chi connectivity index (χ0n) is 20.5. The number of nitrogens with zero attached hydrogens (tertiary/aromatic N) is 2. The molecule has 3 atom stereocenters. The van der Waals surface area contributed by atoms with Crippen molar-refractivity contribution in [2.75, 3.05) is 6.54 Å². The summed E-state index contributed by atoms with van der Waals surface area (Å²) in [4.78, 5) is 56.9. The van der Waals surface area contributed by atoms with Crippen molar-refractivity contribution in [3.05, 3.63) is 41.0 Å². The molecular formula is C25H33N5O4S. The molecule has 188 valence electrons. The van der Waals surface area contributed by atoms with Gasteiger partial charge >= 0.3 is 0 Å². The highest BCUT2D eigenvalue weighted by molar-refractivity contribution is 7.13. The van der Waals surface area contributed by atoms with E-state index < -0.39 is 35.8 Å². The number of carbonyl (C=O) groups is 4. The van der Waals surface area contributed by atoms with Gasteiger partial charge in [-0.05, 0) is 37.3 Å². The fourth-order valence-electron chi connectivity index (χ4n) is 4.06. The van der Waals surface area contributed by atoms with Crippen LogP contribution in [-0.2, 0) is 25.7 Å². The molecule has 1 aliphatic heterocycles. The maximum absolute atomic E-state index is 13.0. The van der Waals surface area contributed by atoms with E-state index in [0.29, 0.717) is 6.42 Å². The number of hydrogen-bond acceptors (Lipinski definition) is 7. The van der Waals surface area contributed by atoms with Crippen LogP contribution in [0, 0.1) is 12.8 Å². The number of amides is 3. The van der Waals surface area contributed by atoms with Crippen LogP contribution in [0.25, 0.3) is 10.4 Å². The van der Waals surface area contributed by atoms with E-state index in [1.165, 1.54) is 11.8 Å². The van der Waals surface area contributed by atoms with E-state index in [2.05, 4.69) is 15.6 Å². The minimum Gasteiger partial charge on any atom is -0.350 e. The van der Waals surface area contributed by atoms with Crippen LogP contribution in [0.5, 0.6) is 0 Å². The van der Waals surface area contributed by atoms with Crippen molar-refractivity contribution < 1.29 is 19.2 Å². The molecule has 0 saturated carbocycles. The van der Waals surface area contributed by atoms with Crippen molar-refractivity contribution in [2.45, 2.75) is 65.2 Å². The van der Waals surface area contributed by atoms with Crippen molar-refractivity contribution >= 4 is 34.8 Å². The Bertz CT molecular complexity index is 1080. The number of benzene rings is 1. The van der Waals surface area contributed by atoms with Crippen LogP contribution >= 0.6 is 11.3 Å². The van der Waals surface area contributed by atoms with Crippen LogP contribution < -0.4 is 16.4 Å². The number of hydrogen-bond donors (Lipinski definition) is 3. The van der Waals surface area contributed by atoms with Crippen molar-refractivity contribution in [1.82, 2.24) is 20.5 Å². The Kier molecular flexibility index (Phi) is 8.74. The standard InChI is InChI=1S/C25H33N5O4S/c1-14(2)9-20(26)23(32)29-16(4)25(34)30-12-19(31)10-21(30)24(33)27-11-17-5-7-18(8-6-17)22-15(3)28-13-35-22/h5-8,13-14,16,20-21H,9-12,26H2,1-4H3,(H,27,33)(H,29,32). The molecule has 4 N–H and O–H groups in total. The van der Waals surface area contributed by atoms with Gasteiger partial charge in [0.25, 0.3) is 0 Å². The van der Waals surface area contributed by atoms with E-state index >= 15 is 0 Å². The number of thiazole rings is 1. The molecule has 2 aromatic rings. The molecule has 2 heterocycles. The fraction of sp³-hybridized carbons (Fsp3) is 0.480. The van der Waals surface area contributed by atoms with Crippen LogP contribution in [0.15, 0.2) is 29.8 Å². The second-order valence-corrected chi connectivity index (χ2v) is 10.2. The number of aromatic nitrogens is 1. The van der Waals surface area contributed by atoms with Gasteiger partial charge in [-0.2, -0.15) is 0 Å². The Morgan fingerprint density at radius 1 is 1.20 bits per heavy atom. The number of nitrogens with one attached hydrogen (secondary N) is 2. The van der Waals surface area contributed by atoms with Gasteiger partial charge in [0, 0.05) is 13.0 Å². The first-order chi connectivity index (χ1) is 16.6. The molecule has 10 heteroatoms. The number of rotatable bonds is 9. The molecule has 9 nitrogen and oxygen atoms in total. The second-order valence-electron chi connectivity index (χ2n) is 9.37. The summed E-state index contributed by atoms with van der Waals surface area (Å²) in [6.45, 7) is 7.52. The van der Waals surface area contributed by atoms with Gasteiger partial charge < -0.3 is 21.3 Å². The van der Waals surface area contributed by atoms with Crippen molar-refractivity contribution in [1.29, 1.82) is 0 Å². The number of Topliss-reactive ketones (excluding diaryl/α,β-unsaturated/α-hetero) is 1. The minimum absolute atomic E-state index is 0.0469. The first kappa shape index (κ1) is 26.5. The smallest absolute Gasteiger partial charge is 0.245 e. The third kappa shape index (κ3) is 6.73. The zero-order chi connectivity index (χ0) is 25.7. The van der Waals surface area contributed by atoms with Gasteiger partial charge in [-0.25, -0.2) is 4.98 Å². The topological polar surface area (TPSA) is 134 Å². The maximum Gasteiger partial charge on any atom is 0.245 e. The average molecular weight is 500 g/mol. The van der Waals surface area contributed by atoms with Crippen LogP contribution in [0.3, 0.4) is 0 Å². The number of aryl methyl sites for hydroxylation is 1. The van der Waals surface area contributed by atoms with E-state index in [0.717, 1.165) is 21.7 Å². The van der Waals surface area contributed by atoms with E-state index in [-0.39, 0.29) is 31.2 Å². The lowest BCUT2D eigenvalue weighted by Crippen LogP contribution is -2.54.